The van der Waals surface area contributed by atoms with Gasteiger partial charge in [0.1, 0.15) is 5.75 Å². The van der Waals surface area contributed by atoms with Crippen LogP contribution in [-0.4, -0.2) is 11.3 Å². The summed E-state index contributed by atoms with van der Waals surface area (Å²) < 4.78 is 17.9. The Morgan fingerprint density at radius 1 is 1.10 bits per heavy atom. The Bertz CT molecular complexity index is 672. The van der Waals surface area contributed by atoms with Gasteiger partial charge in [-0.1, -0.05) is 17.7 Å². The molecule has 0 heterocycles. The maximum absolute atomic E-state index is 12.7. The average molecular weight is 303 g/mol. The van der Waals surface area contributed by atoms with Gasteiger partial charge >= 0.3 is 0 Å². The predicted octanol–water partition coefficient (Wildman–Crippen LogP) is 3.51. The van der Waals surface area contributed by atoms with Gasteiger partial charge in [-0.15, -0.1) is 0 Å². The molecule has 0 saturated heterocycles. The Labute approximate surface area is 128 Å². The first-order valence-corrected chi connectivity index (χ1v) is 8.13. The van der Waals surface area contributed by atoms with Crippen molar-refractivity contribution < 1.29 is 8.95 Å². The first-order valence-electron chi connectivity index (χ1n) is 6.81. The van der Waals surface area contributed by atoms with Crippen LogP contribution in [-0.2, 0) is 16.6 Å². The Morgan fingerprint density at radius 3 is 2.29 bits per heavy atom. The summed E-state index contributed by atoms with van der Waals surface area (Å²) in [7, 11) is 0.400. The molecule has 0 aliphatic rings. The molecule has 0 fully saturated rings. The Hall–Kier alpha value is -1.81. The molecule has 0 aliphatic heterocycles. The molecule has 0 saturated carbocycles. The highest BCUT2D eigenvalue weighted by molar-refractivity contribution is 7.84. The SMILES string of the molecule is COc1ccc(N)c(S(=O)Cc2c(C)cc(C)cc2C)c1. The van der Waals surface area contributed by atoms with E-state index < -0.39 is 10.8 Å². The van der Waals surface area contributed by atoms with Crippen LogP contribution in [0.2, 0.25) is 0 Å². The number of nitrogens with two attached hydrogens (primary N) is 1. The minimum atomic E-state index is -1.19. The van der Waals surface area contributed by atoms with E-state index in [1.54, 1.807) is 25.3 Å². The number of benzene rings is 2. The molecule has 0 aromatic heterocycles. The molecule has 112 valence electrons. The molecule has 0 radical (unpaired) electrons. The van der Waals surface area contributed by atoms with E-state index in [1.807, 2.05) is 0 Å². The van der Waals surface area contributed by atoms with E-state index in [4.69, 9.17) is 10.5 Å². The fourth-order valence-electron chi connectivity index (χ4n) is 2.49. The van der Waals surface area contributed by atoms with E-state index in [1.165, 1.54) is 16.7 Å². The van der Waals surface area contributed by atoms with E-state index in [-0.39, 0.29) is 0 Å². The molecule has 2 aromatic carbocycles. The quantitative estimate of drug-likeness (QED) is 0.879. The van der Waals surface area contributed by atoms with Crippen molar-refractivity contribution in [3.05, 3.63) is 52.6 Å². The van der Waals surface area contributed by atoms with E-state index in [0.717, 1.165) is 5.56 Å². The van der Waals surface area contributed by atoms with Crippen LogP contribution in [0.5, 0.6) is 5.75 Å². The third-order valence-corrected chi connectivity index (χ3v) is 4.98. The predicted molar refractivity (Wildman–Crippen MR) is 88.2 cm³/mol. The van der Waals surface area contributed by atoms with Crippen molar-refractivity contribution in [2.75, 3.05) is 12.8 Å². The molecule has 1 atom stereocenters. The van der Waals surface area contributed by atoms with Crippen molar-refractivity contribution in [1.29, 1.82) is 0 Å². The van der Waals surface area contributed by atoms with Gasteiger partial charge in [0.05, 0.1) is 28.6 Å². The summed E-state index contributed by atoms with van der Waals surface area (Å²) in [5.41, 5.74) is 11.2. The van der Waals surface area contributed by atoms with Crippen LogP contribution in [0.4, 0.5) is 5.69 Å². The molecule has 21 heavy (non-hydrogen) atoms. The topological polar surface area (TPSA) is 52.3 Å². The van der Waals surface area contributed by atoms with Gasteiger partial charge in [-0.3, -0.25) is 4.21 Å². The van der Waals surface area contributed by atoms with Crippen molar-refractivity contribution >= 4 is 16.5 Å². The highest BCUT2D eigenvalue weighted by atomic mass is 32.2. The van der Waals surface area contributed by atoms with Crippen molar-refractivity contribution in [3.8, 4) is 5.75 Å². The lowest BCUT2D eigenvalue weighted by atomic mass is 10.0. The van der Waals surface area contributed by atoms with Crippen LogP contribution in [0.3, 0.4) is 0 Å². The van der Waals surface area contributed by atoms with Crippen molar-refractivity contribution in [2.24, 2.45) is 0 Å². The lowest BCUT2D eigenvalue weighted by molar-refractivity contribution is 0.413. The fourth-order valence-corrected chi connectivity index (χ4v) is 3.94. The first-order chi connectivity index (χ1) is 9.92. The third-order valence-electron chi connectivity index (χ3n) is 3.58. The minimum Gasteiger partial charge on any atom is -0.497 e. The second kappa shape index (κ2) is 6.31. The standard InChI is InChI=1S/C17H21NO2S/c1-11-7-12(2)15(13(3)8-11)10-21(19)17-9-14(20-4)5-6-16(17)18/h5-9H,10,18H2,1-4H3. The summed E-state index contributed by atoms with van der Waals surface area (Å²) in [6.45, 7) is 6.18. The molecule has 4 heteroatoms. The highest BCUT2D eigenvalue weighted by Crippen LogP contribution is 2.26. The molecular weight excluding hydrogens is 282 g/mol. The third kappa shape index (κ3) is 3.45. The number of rotatable bonds is 4. The molecule has 2 N–H and O–H groups in total. The molecular formula is C17H21NO2S. The molecule has 1 unspecified atom stereocenters. The summed E-state index contributed by atoms with van der Waals surface area (Å²) in [5.74, 6) is 1.14. The van der Waals surface area contributed by atoms with E-state index >= 15 is 0 Å². The summed E-state index contributed by atoms with van der Waals surface area (Å²) in [6.07, 6.45) is 0. The van der Waals surface area contributed by atoms with Gasteiger partial charge in [0.2, 0.25) is 0 Å². The molecule has 3 nitrogen and oxygen atoms in total. The minimum absolute atomic E-state index is 0.468. The number of anilines is 1. The summed E-state index contributed by atoms with van der Waals surface area (Å²) in [5, 5.41) is 0. The normalized spacial score (nSPS) is 12.2. The Morgan fingerprint density at radius 2 is 1.71 bits per heavy atom. The first kappa shape index (κ1) is 15.6. The fraction of sp³-hybridized carbons (Fsp3) is 0.294. The summed E-state index contributed by atoms with van der Waals surface area (Å²) in [4.78, 5) is 0.633. The van der Waals surface area contributed by atoms with E-state index in [9.17, 15) is 4.21 Å². The van der Waals surface area contributed by atoms with Crippen LogP contribution < -0.4 is 10.5 Å². The largest absolute Gasteiger partial charge is 0.497 e. The van der Waals surface area contributed by atoms with E-state index in [0.29, 0.717) is 22.1 Å². The zero-order valence-electron chi connectivity index (χ0n) is 12.9. The summed E-state index contributed by atoms with van der Waals surface area (Å²) >= 11 is 0. The second-order valence-corrected chi connectivity index (χ2v) is 6.69. The maximum Gasteiger partial charge on any atom is 0.120 e. The van der Waals surface area contributed by atoms with Crippen LogP contribution in [0.15, 0.2) is 35.2 Å². The van der Waals surface area contributed by atoms with E-state index in [2.05, 4.69) is 32.9 Å². The second-order valence-electron chi connectivity index (χ2n) is 5.27. The average Bonchev–Trinajstić information content (AvgIpc) is 2.43. The van der Waals surface area contributed by atoms with Crippen molar-refractivity contribution in [1.82, 2.24) is 0 Å². The van der Waals surface area contributed by atoms with Gasteiger partial charge < -0.3 is 10.5 Å². The monoisotopic (exact) mass is 303 g/mol. The van der Waals surface area contributed by atoms with Crippen LogP contribution >= 0.6 is 0 Å². The van der Waals surface area contributed by atoms with Crippen molar-refractivity contribution in [2.45, 2.75) is 31.4 Å². The van der Waals surface area contributed by atoms with Crippen molar-refractivity contribution in [3.63, 3.8) is 0 Å². The number of ether oxygens (including phenoxy) is 1. The van der Waals surface area contributed by atoms with Gasteiger partial charge in [-0.2, -0.15) is 0 Å². The lowest BCUT2D eigenvalue weighted by Gasteiger charge is -2.13. The van der Waals surface area contributed by atoms with Crippen LogP contribution in [0.1, 0.15) is 22.3 Å². The highest BCUT2D eigenvalue weighted by Gasteiger charge is 2.13. The number of nitrogen functional groups attached to an aromatic ring is 1. The molecule has 2 aromatic rings. The Balaban J connectivity index is 2.35. The zero-order chi connectivity index (χ0) is 15.6. The number of hydrogen-bond donors (Lipinski definition) is 1. The van der Waals surface area contributed by atoms with Crippen LogP contribution in [0.25, 0.3) is 0 Å². The van der Waals surface area contributed by atoms with Gasteiger partial charge in [-0.05, 0) is 55.7 Å². The molecule has 0 amide bonds. The zero-order valence-corrected chi connectivity index (χ0v) is 13.7. The number of aryl methyl sites for hydroxylation is 3. The van der Waals surface area contributed by atoms with Gasteiger partial charge in [0, 0.05) is 5.69 Å². The smallest absolute Gasteiger partial charge is 0.120 e. The number of methoxy groups -OCH3 is 1. The van der Waals surface area contributed by atoms with Gasteiger partial charge in [0.15, 0.2) is 0 Å². The molecule has 0 spiro atoms. The maximum atomic E-state index is 12.7. The molecule has 0 bridgehead atoms. The number of hydrogen-bond acceptors (Lipinski definition) is 3. The lowest BCUT2D eigenvalue weighted by Crippen LogP contribution is -2.04. The summed E-state index contributed by atoms with van der Waals surface area (Å²) in [6, 6.07) is 9.51. The molecule has 0 aliphatic carbocycles. The van der Waals surface area contributed by atoms with Gasteiger partial charge in [0.25, 0.3) is 0 Å². The Kier molecular flexibility index (Phi) is 4.68. The van der Waals surface area contributed by atoms with Crippen LogP contribution in [0, 0.1) is 20.8 Å². The van der Waals surface area contributed by atoms with Gasteiger partial charge in [-0.25, -0.2) is 0 Å². The molecule has 2 rings (SSSR count).